The number of anilines is 1. The van der Waals surface area contributed by atoms with Crippen molar-refractivity contribution < 1.29 is 26.7 Å². The number of benzene rings is 1. The van der Waals surface area contributed by atoms with Crippen molar-refractivity contribution in [2.45, 2.75) is 31.2 Å². The molecule has 1 saturated heterocycles. The summed E-state index contributed by atoms with van der Waals surface area (Å²) < 4.78 is 80.0. The summed E-state index contributed by atoms with van der Waals surface area (Å²) in [7, 11) is 2.79. The van der Waals surface area contributed by atoms with Crippen molar-refractivity contribution in [1.29, 1.82) is 0 Å². The highest BCUT2D eigenvalue weighted by atomic mass is 19.3. The van der Waals surface area contributed by atoms with Crippen LogP contribution in [0.25, 0.3) is 27.7 Å². The van der Waals surface area contributed by atoms with Gasteiger partial charge in [-0.3, -0.25) is 4.90 Å². The van der Waals surface area contributed by atoms with Gasteiger partial charge in [-0.2, -0.15) is 4.98 Å². The van der Waals surface area contributed by atoms with Crippen LogP contribution in [0.4, 0.5) is 27.9 Å². The second kappa shape index (κ2) is 8.00. The number of ether oxygens (including phenoxy) is 1. The molecule has 5 rings (SSSR count). The minimum absolute atomic E-state index is 0.0140. The number of methoxy groups -OCH3 is 1. The van der Waals surface area contributed by atoms with Gasteiger partial charge in [0.15, 0.2) is 5.82 Å². The third-order valence-electron chi connectivity index (χ3n) is 6.26. The van der Waals surface area contributed by atoms with E-state index < -0.39 is 36.7 Å². The van der Waals surface area contributed by atoms with E-state index in [0.717, 1.165) is 9.20 Å². The quantitative estimate of drug-likeness (QED) is 0.423. The Bertz CT molecular complexity index is 1430. The SMILES string of the molecule is COc1nc(N)nn2c([C@H]3CN(C)CC3(F)F)c(F)c(-c3ccc4nnn([C@@H](C)C(F)F)c4c3)c12. The van der Waals surface area contributed by atoms with Crippen LogP contribution >= 0.6 is 0 Å². The molecule has 0 amide bonds. The molecular formula is C21H21F5N8O. The van der Waals surface area contributed by atoms with Crippen LogP contribution in [-0.4, -0.2) is 74.1 Å². The van der Waals surface area contributed by atoms with Crippen LogP contribution in [0, 0.1) is 5.82 Å². The summed E-state index contributed by atoms with van der Waals surface area (Å²) in [6.45, 7) is 0.596. The zero-order valence-electron chi connectivity index (χ0n) is 18.9. The van der Waals surface area contributed by atoms with E-state index in [1.165, 1.54) is 44.2 Å². The van der Waals surface area contributed by atoms with Gasteiger partial charge >= 0.3 is 0 Å². The third kappa shape index (κ3) is 3.54. The Morgan fingerprint density at radius 1 is 1.26 bits per heavy atom. The number of likely N-dealkylation sites (tertiary alicyclic amines) is 1. The summed E-state index contributed by atoms with van der Waals surface area (Å²) >= 11 is 0. The first-order valence-corrected chi connectivity index (χ1v) is 10.6. The van der Waals surface area contributed by atoms with Crippen molar-refractivity contribution in [3.8, 4) is 17.0 Å². The van der Waals surface area contributed by atoms with Gasteiger partial charge in [-0.15, -0.1) is 10.2 Å². The fourth-order valence-electron chi connectivity index (χ4n) is 4.61. The molecule has 3 aromatic heterocycles. The highest BCUT2D eigenvalue weighted by Crippen LogP contribution is 2.46. The number of hydrogen-bond donors (Lipinski definition) is 1. The third-order valence-corrected chi connectivity index (χ3v) is 6.26. The minimum atomic E-state index is -3.24. The Morgan fingerprint density at radius 3 is 2.63 bits per heavy atom. The molecule has 0 spiro atoms. The second-order valence-electron chi connectivity index (χ2n) is 8.64. The molecule has 1 fully saturated rings. The van der Waals surface area contributed by atoms with Crippen molar-refractivity contribution in [3.63, 3.8) is 0 Å². The lowest BCUT2D eigenvalue weighted by molar-refractivity contribution is -0.00340. The molecule has 1 aliphatic heterocycles. The highest BCUT2D eigenvalue weighted by molar-refractivity contribution is 5.90. The standard InChI is InChI=1S/C21H21F5N8O/c1-9(18(23)24)33-13-6-10(4-5-12(13)29-31-33)14-15(22)16(11-7-32(2)8-21(11,25)26)34-17(14)19(35-3)28-20(27)30-34/h4-6,9,11,18H,7-8H2,1-3H3,(H2,27,30)/t9-,11+/m0/s1. The van der Waals surface area contributed by atoms with Gasteiger partial charge in [0.05, 0.1) is 36.3 Å². The molecule has 0 radical (unpaired) electrons. The largest absolute Gasteiger partial charge is 0.479 e. The van der Waals surface area contributed by atoms with E-state index in [0.29, 0.717) is 5.52 Å². The molecule has 4 aromatic rings. The molecule has 0 aliphatic carbocycles. The topological polar surface area (TPSA) is 99.4 Å². The lowest BCUT2D eigenvalue weighted by Crippen LogP contribution is -2.27. The summed E-state index contributed by atoms with van der Waals surface area (Å²) in [6, 6.07) is 3.10. The molecule has 186 valence electrons. The summed E-state index contributed by atoms with van der Waals surface area (Å²) in [6.07, 6.45) is -2.72. The molecular weight excluding hydrogens is 475 g/mol. The lowest BCUT2D eigenvalue weighted by Gasteiger charge is -2.17. The van der Waals surface area contributed by atoms with Crippen molar-refractivity contribution in [2.75, 3.05) is 33.0 Å². The second-order valence-corrected chi connectivity index (χ2v) is 8.64. The van der Waals surface area contributed by atoms with E-state index in [1.807, 2.05) is 0 Å². The lowest BCUT2D eigenvalue weighted by atomic mass is 9.98. The van der Waals surface area contributed by atoms with Crippen molar-refractivity contribution in [3.05, 3.63) is 29.7 Å². The highest BCUT2D eigenvalue weighted by Gasteiger charge is 2.51. The molecule has 4 heterocycles. The summed E-state index contributed by atoms with van der Waals surface area (Å²) in [5, 5.41) is 11.7. The number of nitrogen functional groups attached to an aromatic ring is 1. The molecule has 2 atom stereocenters. The molecule has 0 bridgehead atoms. The first-order chi connectivity index (χ1) is 16.5. The van der Waals surface area contributed by atoms with Crippen LogP contribution in [-0.2, 0) is 0 Å². The maximum absolute atomic E-state index is 16.2. The van der Waals surface area contributed by atoms with Gasteiger partial charge in [-0.25, -0.2) is 31.1 Å². The number of nitrogens with two attached hydrogens (primary N) is 1. The maximum atomic E-state index is 16.2. The minimum Gasteiger partial charge on any atom is -0.479 e. The number of aromatic nitrogens is 6. The number of nitrogens with zero attached hydrogens (tertiary/aromatic N) is 7. The van der Waals surface area contributed by atoms with Crippen molar-refractivity contribution in [1.82, 2.24) is 34.5 Å². The van der Waals surface area contributed by atoms with Crippen LogP contribution in [0.5, 0.6) is 5.88 Å². The van der Waals surface area contributed by atoms with Crippen LogP contribution in [0.1, 0.15) is 24.6 Å². The van der Waals surface area contributed by atoms with E-state index in [2.05, 4.69) is 20.4 Å². The van der Waals surface area contributed by atoms with Gasteiger partial charge in [-0.05, 0) is 31.7 Å². The monoisotopic (exact) mass is 496 g/mol. The zero-order valence-corrected chi connectivity index (χ0v) is 18.9. The Balaban J connectivity index is 1.81. The van der Waals surface area contributed by atoms with E-state index in [-0.39, 0.29) is 46.2 Å². The number of alkyl halides is 4. The Kier molecular flexibility index (Phi) is 5.30. The van der Waals surface area contributed by atoms with E-state index in [9.17, 15) is 17.6 Å². The van der Waals surface area contributed by atoms with Crippen LogP contribution in [0.3, 0.4) is 0 Å². The fourth-order valence-corrected chi connectivity index (χ4v) is 4.61. The number of likely N-dealkylation sites (N-methyl/N-ethyl adjacent to an activating group) is 1. The normalized spacial score (nSPS) is 19.3. The van der Waals surface area contributed by atoms with E-state index >= 15 is 4.39 Å². The van der Waals surface area contributed by atoms with Gasteiger partial charge in [0.1, 0.15) is 17.1 Å². The average Bonchev–Trinajstić information content (AvgIpc) is 3.42. The molecule has 35 heavy (non-hydrogen) atoms. The number of halogens is 5. The fraction of sp³-hybridized carbons (Fsp3) is 0.429. The summed E-state index contributed by atoms with van der Waals surface area (Å²) in [5.74, 6) is -6.14. The first kappa shape index (κ1) is 23.2. The smallest absolute Gasteiger partial charge is 0.270 e. The molecule has 1 aromatic carbocycles. The Labute approximate surface area is 195 Å². The van der Waals surface area contributed by atoms with Gasteiger partial charge in [0, 0.05) is 6.54 Å². The van der Waals surface area contributed by atoms with Crippen molar-refractivity contribution in [2.24, 2.45) is 0 Å². The Morgan fingerprint density at radius 2 is 2.00 bits per heavy atom. The van der Waals surface area contributed by atoms with Gasteiger partial charge < -0.3 is 10.5 Å². The summed E-state index contributed by atoms with van der Waals surface area (Å²) in [5.41, 5.74) is 5.99. The zero-order chi connectivity index (χ0) is 25.2. The van der Waals surface area contributed by atoms with E-state index in [1.54, 1.807) is 0 Å². The van der Waals surface area contributed by atoms with Crippen molar-refractivity contribution >= 4 is 22.5 Å². The Hall–Kier alpha value is -3.55. The molecule has 0 saturated carbocycles. The van der Waals surface area contributed by atoms with Gasteiger partial charge in [0.25, 0.3) is 12.3 Å². The van der Waals surface area contributed by atoms with Gasteiger partial charge in [0.2, 0.25) is 11.8 Å². The molecule has 0 unspecified atom stereocenters. The number of fused-ring (bicyclic) bond motifs is 2. The predicted octanol–water partition coefficient (Wildman–Crippen LogP) is 3.36. The van der Waals surface area contributed by atoms with Crippen LogP contribution < -0.4 is 10.5 Å². The number of rotatable bonds is 5. The van der Waals surface area contributed by atoms with Crippen LogP contribution in [0.15, 0.2) is 18.2 Å². The summed E-state index contributed by atoms with van der Waals surface area (Å²) in [4.78, 5) is 5.39. The maximum Gasteiger partial charge on any atom is 0.270 e. The van der Waals surface area contributed by atoms with Gasteiger partial charge in [-0.1, -0.05) is 11.3 Å². The van der Waals surface area contributed by atoms with Crippen LogP contribution in [0.2, 0.25) is 0 Å². The molecule has 2 N–H and O–H groups in total. The molecule has 9 nitrogen and oxygen atoms in total. The average molecular weight is 496 g/mol. The van der Waals surface area contributed by atoms with E-state index in [4.69, 9.17) is 10.5 Å². The molecule has 14 heteroatoms. The first-order valence-electron chi connectivity index (χ1n) is 10.6. The predicted molar refractivity (Wildman–Crippen MR) is 116 cm³/mol. The molecule has 1 aliphatic rings. The number of hydrogen-bond acceptors (Lipinski definition) is 7.